The van der Waals surface area contributed by atoms with Crippen LogP contribution in [0.4, 0.5) is 34.1 Å². The van der Waals surface area contributed by atoms with Gasteiger partial charge in [-0.25, -0.2) is 0 Å². The highest BCUT2D eigenvalue weighted by atomic mass is 31.2. The third-order valence-corrected chi connectivity index (χ3v) is 13.3. The summed E-state index contributed by atoms with van der Waals surface area (Å²) in [6.07, 6.45) is 0. The summed E-state index contributed by atoms with van der Waals surface area (Å²) in [5.41, 5.74) is 10.9. The number of para-hydroxylation sites is 4. The summed E-state index contributed by atoms with van der Waals surface area (Å²) >= 11 is 0. The Kier molecular flexibility index (Phi) is 6.76. The van der Waals surface area contributed by atoms with E-state index < -0.39 is 7.14 Å². The van der Waals surface area contributed by atoms with E-state index in [4.69, 9.17) is 0 Å². The van der Waals surface area contributed by atoms with Crippen molar-refractivity contribution in [2.24, 2.45) is 0 Å². The van der Waals surface area contributed by atoms with Crippen LogP contribution in [0.3, 0.4) is 0 Å². The Bertz CT molecular complexity index is 2400. The molecule has 0 radical (unpaired) electrons. The molecule has 49 heavy (non-hydrogen) atoms. The van der Waals surface area contributed by atoms with Gasteiger partial charge in [0.2, 0.25) is 0 Å². The van der Waals surface area contributed by atoms with Crippen LogP contribution in [0.15, 0.2) is 176 Å². The average Bonchev–Trinajstić information content (AvgIpc) is 3.16. The molecule has 0 saturated heterocycles. The molecule has 0 N–H and O–H groups in total. The van der Waals surface area contributed by atoms with Crippen molar-refractivity contribution in [1.82, 2.24) is 0 Å². The van der Waals surface area contributed by atoms with Crippen LogP contribution >= 0.6 is 7.14 Å². The Labute approximate surface area is 288 Å². The molecule has 0 aliphatic carbocycles. The predicted molar refractivity (Wildman–Crippen MR) is 206 cm³/mol. The molecule has 236 valence electrons. The van der Waals surface area contributed by atoms with Crippen LogP contribution in [0.2, 0.25) is 0 Å². The minimum atomic E-state index is -3.24. The van der Waals surface area contributed by atoms with Crippen LogP contribution in [0.5, 0.6) is 0 Å². The normalized spacial score (nSPS) is 17.0. The standard InChI is InChI=1S/C45H35N2OP/c1-45(2)37-22-12-13-23-39(37)46(34-16-6-3-7-17-34)40-28-26-32(30-38(40)45)33-27-29-42-44(31-33)49(48,36-20-10-5-11-21-36)43-25-15-14-24-41(43)47(42)35-18-8-4-9-19-35/h3-31H,1-2H3. The average molecular weight is 651 g/mol. The van der Waals surface area contributed by atoms with Gasteiger partial charge in [-0.05, 0) is 89.0 Å². The number of fused-ring (bicyclic) bond motifs is 4. The Morgan fingerprint density at radius 1 is 0.429 bits per heavy atom. The highest BCUT2D eigenvalue weighted by molar-refractivity contribution is 7.86. The first kappa shape index (κ1) is 29.5. The fraction of sp³-hybridized carbons (Fsp3) is 0.0667. The van der Waals surface area contributed by atoms with Gasteiger partial charge >= 0.3 is 0 Å². The van der Waals surface area contributed by atoms with Crippen molar-refractivity contribution in [1.29, 1.82) is 0 Å². The van der Waals surface area contributed by atoms with Gasteiger partial charge in [0.15, 0.2) is 7.14 Å². The van der Waals surface area contributed by atoms with Gasteiger partial charge in [0, 0.05) is 32.7 Å². The first-order valence-electron chi connectivity index (χ1n) is 16.8. The molecule has 2 aliphatic heterocycles. The van der Waals surface area contributed by atoms with Crippen molar-refractivity contribution in [2.75, 3.05) is 9.80 Å². The van der Waals surface area contributed by atoms with E-state index in [0.29, 0.717) is 0 Å². The van der Waals surface area contributed by atoms with Gasteiger partial charge < -0.3 is 14.4 Å². The molecule has 7 aromatic rings. The van der Waals surface area contributed by atoms with Gasteiger partial charge in [0.1, 0.15) is 0 Å². The number of hydrogen-bond acceptors (Lipinski definition) is 3. The van der Waals surface area contributed by atoms with Crippen molar-refractivity contribution in [3.63, 3.8) is 0 Å². The molecule has 0 saturated carbocycles. The van der Waals surface area contributed by atoms with E-state index in [2.05, 4.69) is 145 Å². The number of anilines is 6. The third-order valence-electron chi connectivity index (χ3n) is 10.2. The first-order valence-corrected chi connectivity index (χ1v) is 18.5. The maximum absolute atomic E-state index is 15.9. The Balaban J connectivity index is 1.27. The van der Waals surface area contributed by atoms with Crippen LogP contribution in [0, 0.1) is 0 Å². The molecule has 1 unspecified atom stereocenters. The summed E-state index contributed by atoms with van der Waals surface area (Å²) in [4.78, 5) is 4.64. The highest BCUT2D eigenvalue weighted by Crippen LogP contribution is 2.56. The summed E-state index contributed by atoms with van der Waals surface area (Å²) in [5.74, 6) is 0. The molecule has 0 aromatic heterocycles. The lowest BCUT2D eigenvalue weighted by molar-refractivity contribution is 0.592. The van der Waals surface area contributed by atoms with Crippen molar-refractivity contribution < 1.29 is 4.57 Å². The van der Waals surface area contributed by atoms with E-state index in [-0.39, 0.29) is 5.41 Å². The van der Waals surface area contributed by atoms with Gasteiger partial charge in [0.05, 0.1) is 22.7 Å². The largest absolute Gasteiger partial charge is 0.310 e. The molecule has 0 bridgehead atoms. The minimum Gasteiger partial charge on any atom is -0.310 e. The van der Waals surface area contributed by atoms with Crippen molar-refractivity contribution >= 4 is 57.2 Å². The zero-order chi connectivity index (χ0) is 33.2. The van der Waals surface area contributed by atoms with E-state index in [1.165, 1.54) is 22.5 Å². The third kappa shape index (κ3) is 4.46. The van der Waals surface area contributed by atoms with Gasteiger partial charge in [-0.15, -0.1) is 0 Å². The fourth-order valence-electron chi connectivity index (χ4n) is 7.83. The van der Waals surface area contributed by atoms with E-state index in [1.807, 2.05) is 54.6 Å². The molecule has 9 rings (SSSR count). The summed E-state index contributed by atoms with van der Waals surface area (Å²) in [6, 6.07) is 61.3. The number of benzene rings is 7. The number of rotatable bonds is 4. The monoisotopic (exact) mass is 650 g/mol. The molecule has 3 nitrogen and oxygen atoms in total. The molecule has 0 fully saturated rings. The van der Waals surface area contributed by atoms with E-state index in [0.717, 1.165) is 49.8 Å². The quantitative estimate of drug-likeness (QED) is 0.177. The Hall–Kier alpha value is -5.63. The van der Waals surface area contributed by atoms with Crippen molar-refractivity contribution in [2.45, 2.75) is 19.3 Å². The maximum Gasteiger partial charge on any atom is 0.175 e. The topological polar surface area (TPSA) is 23.6 Å². The Morgan fingerprint density at radius 2 is 0.898 bits per heavy atom. The van der Waals surface area contributed by atoms with Gasteiger partial charge in [-0.3, -0.25) is 0 Å². The SMILES string of the molecule is CC1(C)c2ccccc2N(c2ccccc2)c2ccc(-c3ccc4c(c3)P(=O)(c3ccccc3)c3ccccc3N4c3ccccc3)cc21. The number of nitrogens with zero attached hydrogens (tertiary/aromatic N) is 2. The summed E-state index contributed by atoms with van der Waals surface area (Å²) in [6.45, 7) is 4.64. The smallest absolute Gasteiger partial charge is 0.175 e. The molecule has 2 aliphatic rings. The van der Waals surface area contributed by atoms with Crippen molar-refractivity contribution in [3.05, 3.63) is 187 Å². The highest BCUT2D eigenvalue weighted by Gasteiger charge is 2.42. The van der Waals surface area contributed by atoms with E-state index >= 15 is 4.57 Å². The van der Waals surface area contributed by atoms with Gasteiger partial charge in [-0.1, -0.05) is 123 Å². The van der Waals surface area contributed by atoms with E-state index in [9.17, 15) is 0 Å². The number of hydrogen-bond donors (Lipinski definition) is 0. The van der Waals surface area contributed by atoms with Gasteiger partial charge in [-0.2, -0.15) is 0 Å². The van der Waals surface area contributed by atoms with Crippen LogP contribution in [0.25, 0.3) is 11.1 Å². The molecule has 0 spiro atoms. The Morgan fingerprint density at radius 3 is 1.57 bits per heavy atom. The second-order valence-corrected chi connectivity index (χ2v) is 16.1. The van der Waals surface area contributed by atoms with Crippen LogP contribution < -0.4 is 25.7 Å². The minimum absolute atomic E-state index is 0.232. The molecule has 0 amide bonds. The summed E-state index contributed by atoms with van der Waals surface area (Å²) < 4.78 is 15.9. The van der Waals surface area contributed by atoms with Crippen LogP contribution in [0.1, 0.15) is 25.0 Å². The molecule has 7 aromatic carbocycles. The summed E-state index contributed by atoms with van der Waals surface area (Å²) in [5, 5.41) is 2.55. The molecule has 1 atom stereocenters. The molecular weight excluding hydrogens is 615 g/mol. The predicted octanol–water partition coefficient (Wildman–Crippen LogP) is 10.9. The first-order chi connectivity index (χ1) is 24.0. The summed E-state index contributed by atoms with van der Waals surface area (Å²) in [7, 11) is -3.24. The molecule has 4 heteroatoms. The van der Waals surface area contributed by atoms with E-state index in [1.54, 1.807) is 0 Å². The maximum atomic E-state index is 15.9. The second kappa shape index (κ2) is 11.2. The molecular formula is C45H35N2OP. The fourth-order valence-corrected chi connectivity index (χ4v) is 10.9. The second-order valence-electron chi connectivity index (χ2n) is 13.4. The lowest BCUT2D eigenvalue weighted by Crippen LogP contribution is -2.36. The van der Waals surface area contributed by atoms with Crippen LogP contribution in [-0.2, 0) is 9.98 Å². The lowest BCUT2D eigenvalue weighted by atomic mass is 9.73. The lowest BCUT2D eigenvalue weighted by Gasteiger charge is -2.42. The van der Waals surface area contributed by atoms with Gasteiger partial charge in [0.25, 0.3) is 0 Å². The van der Waals surface area contributed by atoms with Crippen molar-refractivity contribution in [3.8, 4) is 11.1 Å². The zero-order valence-corrected chi connectivity index (χ0v) is 28.4. The zero-order valence-electron chi connectivity index (χ0n) is 27.5. The molecule has 2 heterocycles. The van der Waals surface area contributed by atoms with Crippen LogP contribution in [-0.4, -0.2) is 0 Å².